The van der Waals surface area contributed by atoms with E-state index in [9.17, 15) is 4.39 Å². The molecule has 3 rings (SSSR count). The summed E-state index contributed by atoms with van der Waals surface area (Å²) in [5.74, 6) is -0.127. The number of benzene rings is 1. The first-order valence-electron chi connectivity index (χ1n) is 6.72. The van der Waals surface area contributed by atoms with Gasteiger partial charge in [0.25, 0.3) is 0 Å². The van der Waals surface area contributed by atoms with Crippen molar-refractivity contribution in [3.8, 4) is 0 Å². The summed E-state index contributed by atoms with van der Waals surface area (Å²) in [5.41, 5.74) is 2.86. The van der Waals surface area contributed by atoms with Crippen molar-refractivity contribution in [2.45, 2.75) is 31.8 Å². The van der Waals surface area contributed by atoms with Crippen molar-refractivity contribution < 1.29 is 4.39 Å². The third kappa shape index (κ3) is 3.38. The third-order valence-corrected chi connectivity index (χ3v) is 3.38. The fourth-order valence-corrected chi connectivity index (χ4v) is 2.13. The molecule has 0 spiro atoms. The number of nitrogens with zero attached hydrogens (tertiary/aromatic N) is 1. The molecule has 0 amide bonds. The summed E-state index contributed by atoms with van der Waals surface area (Å²) >= 11 is 0. The molecule has 1 fully saturated rings. The van der Waals surface area contributed by atoms with E-state index in [4.69, 9.17) is 0 Å². The van der Waals surface area contributed by atoms with Crippen LogP contribution in [0.25, 0.3) is 0 Å². The largest absolute Gasteiger partial charge is 0.310 e. The number of hydrogen-bond donors (Lipinski definition) is 1. The molecule has 2 aromatic rings. The Morgan fingerprint density at radius 2 is 2.11 bits per heavy atom. The number of halogens is 1. The SMILES string of the molecule is Fc1ccc(Cc2ccccn2)cc1CNC1CC1. The summed E-state index contributed by atoms with van der Waals surface area (Å²) in [6.45, 7) is 0.618. The van der Waals surface area contributed by atoms with Crippen LogP contribution in [0.1, 0.15) is 29.7 Å². The molecule has 0 unspecified atom stereocenters. The lowest BCUT2D eigenvalue weighted by Crippen LogP contribution is -2.16. The highest BCUT2D eigenvalue weighted by Gasteiger charge is 2.20. The number of rotatable bonds is 5. The summed E-state index contributed by atoms with van der Waals surface area (Å²) in [7, 11) is 0. The lowest BCUT2D eigenvalue weighted by atomic mass is 10.1. The van der Waals surface area contributed by atoms with Crippen molar-refractivity contribution in [2.24, 2.45) is 0 Å². The zero-order chi connectivity index (χ0) is 13.1. The lowest BCUT2D eigenvalue weighted by Gasteiger charge is -2.08. The molecule has 0 atom stereocenters. The van der Waals surface area contributed by atoms with E-state index in [1.807, 2.05) is 30.3 Å². The fraction of sp³-hybridized carbons (Fsp3) is 0.312. The lowest BCUT2D eigenvalue weighted by molar-refractivity contribution is 0.586. The van der Waals surface area contributed by atoms with Crippen molar-refractivity contribution >= 4 is 0 Å². The predicted octanol–water partition coefficient (Wildman–Crippen LogP) is 3.06. The first kappa shape index (κ1) is 12.3. The topological polar surface area (TPSA) is 24.9 Å². The Labute approximate surface area is 112 Å². The number of aromatic nitrogens is 1. The maximum absolute atomic E-state index is 13.7. The van der Waals surface area contributed by atoms with Crippen molar-refractivity contribution in [2.75, 3.05) is 0 Å². The van der Waals surface area contributed by atoms with Crippen molar-refractivity contribution in [3.63, 3.8) is 0 Å². The van der Waals surface area contributed by atoms with Gasteiger partial charge in [0, 0.05) is 36.5 Å². The monoisotopic (exact) mass is 256 g/mol. The minimum atomic E-state index is -0.127. The molecule has 2 nitrogen and oxygen atoms in total. The van der Waals surface area contributed by atoms with Crippen LogP contribution >= 0.6 is 0 Å². The van der Waals surface area contributed by atoms with E-state index in [-0.39, 0.29) is 5.82 Å². The number of pyridine rings is 1. The molecule has 3 heteroatoms. The van der Waals surface area contributed by atoms with Crippen LogP contribution in [0.2, 0.25) is 0 Å². The van der Waals surface area contributed by atoms with Gasteiger partial charge < -0.3 is 5.32 Å². The second-order valence-electron chi connectivity index (χ2n) is 5.08. The zero-order valence-electron chi connectivity index (χ0n) is 10.8. The van der Waals surface area contributed by atoms with Gasteiger partial charge in [0.15, 0.2) is 0 Å². The molecule has 1 aromatic heterocycles. The first-order valence-corrected chi connectivity index (χ1v) is 6.72. The Hall–Kier alpha value is -1.74. The van der Waals surface area contributed by atoms with E-state index in [0.29, 0.717) is 12.6 Å². The summed E-state index contributed by atoms with van der Waals surface area (Å²) in [6.07, 6.45) is 4.97. The van der Waals surface area contributed by atoms with Crippen molar-refractivity contribution in [1.29, 1.82) is 0 Å². The van der Waals surface area contributed by atoms with Gasteiger partial charge in [0.1, 0.15) is 5.82 Å². The first-order chi connectivity index (χ1) is 9.31. The zero-order valence-corrected chi connectivity index (χ0v) is 10.8. The molecule has 19 heavy (non-hydrogen) atoms. The van der Waals surface area contributed by atoms with Crippen LogP contribution in [0.3, 0.4) is 0 Å². The minimum Gasteiger partial charge on any atom is -0.310 e. The van der Waals surface area contributed by atoms with Gasteiger partial charge in [-0.15, -0.1) is 0 Å². The van der Waals surface area contributed by atoms with Gasteiger partial charge in [-0.1, -0.05) is 18.2 Å². The van der Waals surface area contributed by atoms with Gasteiger partial charge in [0.2, 0.25) is 0 Å². The summed E-state index contributed by atoms with van der Waals surface area (Å²) in [5, 5.41) is 3.35. The van der Waals surface area contributed by atoms with Crippen LogP contribution in [-0.2, 0) is 13.0 Å². The molecular weight excluding hydrogens is 239 g/mol. The smallest absolute Gasteiger partial charge is 0.127 e. The number of nitrogens with one attached hydrogen (secondary N) is 1. The molecule has 1 N–H and O–H groups in total. The Morgan fingerprint density at radius 1 is 1.21 bits per heavy atom. The van der Waals surface area contributed by atoms with Gasteiger partial charge in [0.05, 0.1) is 0 Å². The van der Waals surface area contributed by atoms with Crippen LogP contribution in [0.15, 0.2) is 42.6 Å². The van der Waals surface area contributed by atoms with E-state index in [1.54, 1.807) is 12.3 Å². The molecule has 1 aliphatic rings. The molecule has 0 saturated heterocycles. The van der Waals surface area contributed by atoms with E-state index < -0.39 is 0 Å². The molecule has 1 heterocycles. The van der Waals surface area contributed by atoms with Gasteiger partial charge in [-0.3, -0.25) is 4.98 Å². The average molecular weight is 256 g/mol. The van der Waals surface area contributed by atoms with Gasteiger partial charge in [-0.05, 0) is 36.6 Å². The number of hydrogen-bond acceptors (Lipinski definition) is 2. The maximum atomic E-state index is 13.7. The van der Waals surface area contributed by atoms with Crippen molar-refractivity contribution in [1.82, 2.24) is 10.3 Å². The van der Waals surface area contributed by atoms with E-state index >= 15 is 0 Å². The Balaban J connectivity index is 1.72. The van der Waals surface area contributed by atoms with Crippen LogP contribution in [-0.4, -0.2) is 11.0 Å². The van der Waals surface area contributed by atoms with Gasteiger partial charge >= 0.3 is 0 Å². The highest BCUT2D eigenvalue weighted by atomic mass is 19.1. The van der Waals surface area contributed by atoms with Gasteiger partial charge in [-0.25, -0.2) is 4.39 Å². The molecule has 1 saturated carbocycles. The Morgan fingerprint density at radius 3 is 2.84 bits per heavy atom. The van der Waals surface area contributed by atoms with E-state index in [1.165, 1.54) is 12.8 Å². The molecular formula is C16H17FN2. The maximum Gasteiger partial charge on any atom is 0.127 e. The fourth-order valence-electron chi connectivity index (χ4n) is 2.13. The highest BCUT2D eigenvalue weighted by Crippen LogP contribution is 2.20. The highest BCUT2D eigenvalue weighted by molar-refractivity contribution is 5.28. The Bertz CT molecular complexity index is 550. The molecule has 1 aromatic carbocycles. The summed E-state index contributed by atoms with van der Waals surface area (Å²) in [6, 6.07) is 11.8. The molecule has 98 valence electrons. The quantitative estimate of drug-likeness (QED) is 0.889. The molecule has 1 aliphatic carbocycles. The molecule has 0 aliphatic heterocycles. The minimum absolute atomic E-state index is 0.127. The van der Waals surface area contributed by atoms with Crippen LogP contribution in [0.4, 0.5) is 4.39 Å². The second-order valence-corrected chi connectivity index (χ2v) is 5.08. The normalized spacial score (nSPS) is 14.6. The van der Waals surface area contributed by atoms with Gasteiger partial charge in [-0.2, -0.15) is 0 Å². The van der Waals surface area contributed by atoms with Crippen molar-refractivity contribution in [3.05, 3.63) is 65.2 Å². The standard InChI is InChI=1S/C16H17FN2/c17-16-7-4-12(10-15-3-1-2-8-18-15)9-13(16)11-19-14-5-6-14/h1-4,7-9,14,19H,5-6,10-11H2. The summed E-state index contributed by atoms with van der Waals surface area (Å²) in [4.78, 5) is 4.30. The van der Waals surface area contributed by atoms with E-state index in [2.05, 4.69) is 10.3 Å². The van der Waals surface area contributed by atoms with E-state index in [0.717, 1.165) is 23.2 Å². The molecule has 0 bridgehead atoms. The van der Waals surface area contributed by atoms with Crippen LogP contribution in [0, 0.1) is 5.82 Å². The molecule has 0 radical (unpaired) electrons. The summed E-state index contributed by atoms with van der Waals surface area (Å²) < 4.78 is 13.7. The Kier molecular flexibility index (Phi) is 3.56. The second kappa shape index (κ2) is 5.49. The third-order valence-electron chi connectivity index (χ3n) is 3.38. The van der Waals surface area contributed by atoms with Crippen LogP contribution < -0.4 is 5.32 Å². The average Bonchev–Trinajstić information content (AvgIpc) is 3.25. The van der Waals surface area contributed by atoms with Crippen LogP contribution in [0.5, 0.6) is 0 Å². The predicted molar refractivity (Wildman–Crippen MR) is 73.3 cm³/mol.